The van der Waals surface area contributed by atoms with Crippen molar-refractivity contribution in [1.29, 1.82) is 0 Å². The summed E-state index contributed by atoms with van der Waals surface area (Å²) in [5.41, 5.74) is 2.85. The number of hydrogen-bond donors (Lipinski definition) is 2. The molecule has 0 aromatic heterocycles. The number of fused-ring (bicyclic) bond motifs is 1. The van der Waals surface area contributed by atoms with E-state index in [1.54, 1.807) is 0 Å². The van der Waals surface area contributed by atoms with Crippen LogP contribution in [0.25, 0.3) is 0 Å². The lowest BCUT2D eigenvalue weighted by Crippen LogP contribution is -2.36. The predicted molar refractivity (Wildman–Crippen MR) is 71.5 cm³/mol. The summed E-state index contributed by atoms with van der Waals surface area (Å²) in [5, 5.41) is 6.43. The molecular weight excluding hydrogens is 224 g/mol. The Bertz CT molecular complexity index is 438. The Kier molecular flexibility index (Phi) is 3.33. The van der Waals surface area contributed by atoms with E-state index in [1.165, 1.54) is 17.5 Å². The fourth-order valence-corrected chi connectivity index (χ4v) is 3.01. The van der Waals surface area contributed by atoms with E-state index in [4.69, 9.17) is 0 Å². The van der Waals surface area contributed by atoms with Crippen LogP contribution in [0.5, 0.6) is 0 Å². The first-order valence-corrected chi connectivity index (χ1v) is 6.91. The molecule has 2 atom stereocenters. The third-order valence-electron chi connectivity index (χ3n) is 4.10. The lowest BCUT2D eigenvalue weighted by molar-refractivity contribution is -0.121. The maximum absolute atomic E-state index is 11.8. The van der Waals surface area contributed by atoms with E-state index >= 15 is 0 Å². The van der Waals surface area contributed by atoms with Crippen molar-refractivity contribution in [1.82, 2.24) is 10.6 Å². The molecule has 3 nitrogen and oxygen atoms in total. The SMILES string of the molecule is O=C(CC1CCCN1)NCC1Cc2ccccc21. The van der Waals surface area contributed by atoms with E-state index in [1.807, 2.05) is 0 Å². The van der Waals surface area contributed by atoms with Gasteiger partial charge in [0.05, 0.1) is 0 Å². The van der Waals surface area contributed by atoms with Crippen LogP contribution in [0, 0.1) is 0 Å². The van der Waals surface area contributed by atoms with Crippen molar-refractivity contribution >= 4 is 5.91 Å². The number of carbonyl (C=O) groups excluding carboxylic acids is 1. The average molecular weight is 244 g/mol. The van der Waals surface area contributed by atoms with Crippen LogP contribution in [-0.2, 0) is 11.2 Å². The van der Waals surface area contributed by atoms with E-state index in [0.717, 1.165) is 25.9 Å². The molecule has 2 aliphatic rings. The molecule has 0 radical (unpaired) electrons. The zero-order valence-corrected chi connectivity index (χ0v) is 10.6. The van der Waals surface area contributed by atoms with Crippen LogP contribution in [0.3, 0.4) is 0 Å². The second-order valence-electron chi connectivity index (χ2n) is 5.40. The highest BCUT2D eigenvalue weighted by molar-refractivity contribution is 5.76. The number of carbonyl (C=O) groups is 1. The van der Waals surface area contributed by atoms with Crippen molar-refractivity contribution in [3.63, 3.8) is 0 Å². The summed E-state index contributed by atoms with van der Waals surface area (Å²) in [4.78, 5) is 11.8. The minimum Gasteiger partial charge on any atom is -0.355 e. The van der Waals surface area contributed by atoms with Gasteiger partial charge in [0.1, 0.15) is 0 Å². The summed E-state index contributed by atoms with van der Waals surface area (Å²) in [6.07, 6.45) is 4.08. The molecular formula is C15H20N2O. The molecule has 18 heavy (non-hydrogen) atoms. The third kappa shape index (κ3) is 2.41. The van der Waals surface area contributed by atoms with E-state index < -0.39 is 0 Å². The molecule has 3 rings (SSSR count). The maximum Gasteiger partial charge on any atom is 0.221 e. The summed E-state index contributed by atoms with van der Waals surface area (Å²) in [7, 11) is 0. The van der Waals surface area contributed by atoms with Crippen molar-refractivity contribution in [2.45, 2.75) is 37.6 Å². The maximum atomic E-state index is 11.8. The number of amides is 1. The van der Waals surface area contributed by atoms with Gasteiger partial charge in [-0.2, -0.15) is 0 Å². The molecule has 0 bridgehead atoms. The van der Waals surface area contributed by atoms with Crippen LogP contribution in [-0.4, -0.2) is 25.0 Å². The minimum absolute atomic E-state index is 0.193. The van der Waals surface area contributed by atoms with Gasteiger partial charge in [-0.25, -0.2) is 0 Å². The molecule has 0 saturated carbocycles. The Morgan fingerprint density at radius 1 is 1.39 bits per heavy atom. The highest BCUT2D eigenvalue weighted by atomic mass is 16.1. The van der Waals surface area contributed by atoms with Gasteiger partial charge < -0.3 is 10.6 Å². The Hall–Kier alpha value is -1.35. The number of nitrogens with one attached hydrogen (secondary N) is 2. The van der Waals surface area contributed by atoms with Gasteiger partial charge in [0.15, 0.2) is 0 Å². The molecule has 3 heteroatoms. The van der Waals surface area contributed by atoms with Gasteiger partial charge in [0.25, 0.3) is 0 Å². The van der Waals surface area contributed by atoms with Crippen molar-refractivity contribution in [2.75, 3.05) is 13.1 Å². The molecule has 1 aromatic rings. The van der Waals surface area contributed by atoms with E-state index in [-0.39, 0.29) is 5.91 Å². The van der Waals surface area contributed by atoms with Crippen LogP contribution < -0.4 is 10.6 Å². The molecule has 0 spiro atoms. The molecule has 1 aromatic carbocycles. The Labute approximate surface area is 108 Å². The van der Waals surface area contributed by atoms with E-state index in [9.17, 15) is 4.79 Å². The highest BCUT2D eigenvalue weighted by Gasteiger charge is 2.26. The first kappa shape index (κ1) is 11.7. The van der Waals surface area contributed by atoms with E-state index in [0.29, 0.717) is 18.4 Å². The standard InChI is InChI=1S/C15H20N2O/c18-15(9-13-5-3-7-16-13)17-10-12-8-11-4-1-2-6-14(11)12/h1-2,4,6,12-13,16H,3,5,7-10H2,(H,17,18). The summed E-state index contributed by atoms with van der Waals surface area (Å²) in [6, 6.07) is 8.91. The third-order valence-corrected chi connectivity index (χ3v) is 4.10. The Morgan fingerprint density at radius 3 is 3.06 bits per heavy atom. The van der Waals surface area contributed by atoms with Gasteiger partial charge in [-0.15, -0.1) is 0 Å². The fourth-order valence-electron chi connectivity index (χ4n) is 3.01. The predicted octanol–water partition coefficient (Wildman–Crippen LogP) is 1.58. The van der Waals surface area contributed by atoms with Crippen molar-refractivity contribution < 1.29 is 4.79 Å². The first-order chi connectivity index (χ1) is 8.83. The van der Waals surface area contributed by atoms with Crippen molar-refractivity contribution in [2.24, 2.45) is 0 Å². The molecule has 1 aliphatic heterocycles. The van der Waals surface area contributed by atoms with Crippen LogP contribution in [0.1, 0.15) is 36.3 Å². The number of benzene rings is 1. The molecule has 1 fully saturated rings. The van der Waals surface area contributed by atoms with Gasteiger partial charge in [-0.05, 0) is 36.9 Å². The zero-order chi connectivity index (χ0) is 12.4. The first-order valence-electron chi connectivity index (χ1n) is 6.91. The second kappa shape index (κ2) is 5.11. The molecule has 1 aliphatic carbocycles. The normalized spacial score (nSPS) is 25.3. The molecule has 1 amide bonds. The topological polar surface area (TPSA) is 41.1 Å². The van der Waals surface area contributed by atoms with Gasteiger partial charge in [-0.1, -0.05) is 24.3 Å². The molecule has 2 N–H and O–H groups in total. The smallest absolute Gasteiger partial charge is 0.221 e. The highest BCUT2D eigenvalue weighted by Crippen LogP contribution is 2.33. The Morgan fingerprint density at radius 2 is 2.28 bits per heavy atom. The van der Waals surface area contributed by atoms with Crippen LogP contribution >= 0.6 is 0 Å². The van der Waals surface area contributed by atoms with Gasteiger partial charge in [-0.3, -0.25) is 4.79 Å². The molecule has 1 saturated heterocycles. The summed E-state index contributed by atoms with van der Waals surface area (Å²) < 4.78 is 0. The van der Waals surface area contributed by atoms with Gasteiger partial charge in [0.2, 0.25) is 5.91 Å². The molecule has 1 heterocycles. The van der Waals surface area contributed by atoms with E-state index in [2.05, 4.69) is 34.9 Å². The monoisotopic (exact) mass is 244 g/mol. The van der Waals surface area contributed by atoms with Gasteiger partial charge in [0, 0.05) is 24.9 Å². The fraction of sp³-hybridized carbons (Fsp3) is 0.533. The zero-order valence-electron chi connectivity index (χ0n) is 10.6. The largest absolute Gasteiger partial charge is 0.355 e. The average Bonchev–Trinajstić information content (AvgIpc) is 2.83. The Balaban J connectivity index is 1.44. The minimum atomic E-state index is 0.193. The summed E-state index contributed by atoms with van der Waals surface area (Å²) in [5.74, 6) is 0.723. The number of hydrogen-bond acceptors (Lipinski definition) is 2. The van der Waals surface area contributed by atoms with Crippen LogP contribution in [0.2, 0.25) is 0 Å². The molecule has 96 valence electrons. The summed E-state index contributed by atoms with van der Waals surface area (Å²) >= 11 is 0. The lowest BCUT2D eigenvalue weighted by Gasteiger charge is -2.30. The van der Waals surface area contributed by atoms with Gasteiger partial charge >= 0.3 is 0 Å². The number of rotatable bonds is 4. The van der Waals surface area contributed by atoms with Crippen molar-refractivity contribution in [3.05, 3.63) is 35.4 Å². The lowest BCUT2D eigenvalue weighted by atomic mass is 9.77. The summed E-state index contributed by atoms with van der Waals surface area (Å²) in [6.45, 7) is 1.86. The molecule has 2 unspecified atom stereocenters. The van der Waals surface area contributed by atoms with Crippen LogP contribution in [0.4, 0.5) is 0 Å². The second-order valence-corrected chi connectivity index (χ2v) is 5.40. The van der Waals surface area contributed by atoms with Crippen LogP contribution in [0.15, 0.2) is 24.3 Å². The quantitative estimate of drug-likeness (QED) is 0.844. The van der Waals surface area contributed by atoms with Crippen molar-refractivity contribution in [3.8, 4) is 0 Å².